The maximum absolute atomic E-state index is 13.5. The minimum absolute atomic E-state index is 0.00684. The Morgan fingerprint density at radius 2 is 1.61 bits per heavy atom. The smallest absolute Gasteiger partial charge is 0.416 e. The first-order chi connectivity index (χ1) is 17.8. The summed E-state index contributed by atoms with van der Waals surface area (Å²) in [5.74, 6) is -1.28. The van der Waals surface area contributed by atoms with E-state index >= 15 is 0 Å². The number of nitrogens with zero attached hydrogens (tertiary/aromatic N) is 2. The summed E-state index contributed by atoms with van der Waals surface area (Å²) >= 11 is 1.02. The van der Waals surface area contributed by atoms with Crippen LogP contribution in [-0.2, 0) is 16.3 Å². The number of nitrogens with one attached hydrogen (secondary N) is 1. The zero-order valence-corrected chi connectivity index (χ0v) is 21.8. The van der Waals surface area contributed by atoms with Crippen molar-refractivity contribution in [1.82, 2.24) is 9.78 Å². The second kappa shape index (κ2) is 10.1. The van der Waals surface area contributed by atoms with E-state index in [2.05, 4.69) is 31.2 Å². The molecule has 0 aliphatic carbocycles. The molecule has 2 heterocycles. The molecule has 0 spiro atoms. The van der Waals surface area contributed by atoms with Crippen molar-refractivity contribution in [2.75, 3.05) is 11.9 Å². The number of rotatable bonds is 5. The first kappa shape index (κ1) is 27.1. The van der Waals surface area contributed by atoms with Gasteiger partial charge in [0.1, 0.15) is 5.00 Å². The molecular formula is C27H24F3N3O4S. The van der Waals surface area contributed by atoms with E-state index in [1.165, 1.54) is 5.38 Å². The van der Waals surface area contributed by atoms with E-state index in [4.69, 9.17) is 4.74 Å². The molecule has 0 aliphatic heterocycles. The van der Waals surface area contributed by atoms with Crippen molar-refractivity contribution in [3.05, 3.63) is 86.6 Å². The van der Waals surface area contributed by atoms with Gasteiger partial charge >= 0.3 is 12.1 Å². The van der Waals surface area contributed by atoms with E-state index in [1.54, 1.807) is 19.1 Å². The van der Waals surface area contributed by atoms with Crippen molar-refractivity contribution in [3.8, 4) is 5.69 Å². The van der Waals surface area contributed by atoms with Gasteiger partial charge in [0.05, 0.1) is 23.2 Å². The molecule has 38 heavy (non-hydrogen) atoms. The number of aromatic nitrogens is 2. The number of carbonyl (C=O) groups is 2. The Morgan fingerprint density at radius 3 is 2.16 bits per heavy atom. The molecule has 2 aromatic carbocycles. The summed E-state index contributed by atoms with van der Waals surface area (Å²) in [7, 11) is 0. The zero-order chi connectivity index (χ0) is 27.8. The molecule has 0 saturated heterocycles. The predicted octanol–water partition coefficient (Wildman–Crippen LogP) is 6.19. The fraction of sp³-hybridized carbons (Fsp3) is 0.259. The largest absolute Gasteiger partial charge is 0.461 e. The van der Waals surface area contributed by atoms with Gasteiger partial charge in [-0.2, -0.15) is 23.0 Å². The van der Waals surface area contributed by atoms with Crippen molar-refractivity contribution in [3.63, 3.8) is 0 Å². The fourth-order valence-corrected chi connectivity index (χ4v) is 4.69. The van der Waals surface area contributed by atoms with Gasteiger partial charge in [0.25, 0.3) is 11.5 Å². The minimum Gasteiger partial charge on any atom is -0.461 e. The highest BCUT2D eigenvalue weighted by atomic mass is 32.1. The average molecular weight is 544 g/mol. The molecule has 0 atom stereocenters. The first-order valence-corrected chi connectivity index (χ1v) is 12.5. The van der Waals surface area contributed by atoms with Crippen LogP contribution in [0.3, 0.4) is 0 Å². The summed E-state index contributed by atoms with van der Waals surface area (Å²) in [6.07, 6.45) is -4.56. The lowest BCUT2D eigenvalue weighted by atomic mass is 9.87. The summed E-state index contributed by atoms with van der Waals surface area (Å²) in [6, 6.07) is 10.8. The Labute approximate surface area is 219 Å². The quantitative estimate of drug-likeness (QED) is 0.303. The fourth-order valence-electron chi connectivity index (χ4n) is 3.76. The lowest BCUT2D eigenvalue weighted by Gasteiger charge is -2.19. The van der Waals surface area contributed by atoms with E-state index in [1.807, 2.05) is 12.1 Å². The zero-order valence-electron chi connectivity index (χ0n) is 21.0. The van der Waals surface area contributed by atoms with Crippen LogP contribution < -0.4 is 10.9 Å². The van der Waals surface area contributed by atoms with Gasteiger partial charge in [-0.05, 0) is 54.3 Å². The average Bonchev–Trinajstić information content (AvgIpc) is 3.27. The number of carbonyl (C=O) groups excluding carboxylic acids is 2. The lowest BCUT2D eigenvalue weighted by molar-refractivity contribution is -0.137. The topological polar surface area (TPSA) is 90.3 Å². The summed E-state index contributed by atoms with van der Waals surface area (Å²) in [5, 5.41) is 8.67. The Balaban J connectivity index is 1.80. The maximum atomic E-state index is 13.5. The Kier molecular flexibility index (Phi) is 7.16. The normalized spacial score (nSPS) is 12.0. The molecule has 0 bridgehead atoms. The summed E-state index contributed by atoms with van der Waals surface area (Å²) < 4.78 is 45.0. The van der Waals surface area contributed by atoms with Gasteiger partial charge in [0, 0.05) is 16.3 Å². The van der Waals surface area contributed by atoms with E-state index < -0.39 is 29.2 Å². The van der Waals surface area contributed by atoms with Crippen molar-refractivity contribution in [2.45, 2.75) is 39.3 Å². The third-order valence-corrected chi connectivity index (χ3v) is 6.70. The van der Waals surface area contributed by atoms with Gasteiger partial charge < -0.3 is 10.1 Å². The van der Waals surface area contributed by atoms with Gasteiger partial charge in [-0.1, -0.05) is 32.9 Å². The summed E-state index contributed by atoms with van der Waals surface area (Å²) in [6.45, 7) is 7.80. The van der Waals surface area contributed by atoms with Crippen LogP contribution in [-0.4, -0.2) is 28.3 Å². The highest BCUT2D eigenvalue weighted by Crippen LogP contribution is 2.32. The van der Waals surface area contributed by atoms with Crippen LogP contribution in [0.4, 0.5) is 18.2 Å². The van der Waals surface area contributed by atoms with Crippen LogP contribution in [0.25, 0.3) is 16.5 Å². The molecule has 0 radical (unpaired) electrons. The van der Waals surface area contributed by atoms with Crippen LogP contribution in [0.15, 0.2) is 58.7 Å². The highest BCUT2D eigenvalue weighted by molar-refractivity contribution is 7.16. The van der Waals surface area contributed by atoms with E-state index in [0.717, 1.165) is 45.8 Å². The number of esters is 1. The van der Waals surface area contributed by atoms with Crippen molar-refractivity contribution in [1.29, 1.82) is 0 Å². The monoisotopic (exact) mass is 543 g/mol. The maximum Gasteiger partial charge on any atom is 0.416 e. The number of thiophene rings is 1. The molecule has 1 amide bonds. The lowest BCUT2D eigenvalue weighted by Crippen LogP contribution is -2.25. The molecule has 0 aliphatic rings. The van der Waals surface area contributed by atoms with Gasteiger partial charge in [-0.15, -0.1) is 11.3 Å². The van der Waals surface area contributed by atoms with Gasteiger partial charge in [0.15, 0.2) is 5.69 Å². The van der Waals surface area contributed by atoms with Crippen molar-refractivity contribution in [2.24, 2.45) is 0 Å². The first-order valence-electron chi connectivity index (χ1n) is 11.6. The number of halogens is 3. The molecule has 4 rings (SSSR count). The Morgan fingerprint density at radius 1 is 1.00 bits per heavy atom. The number of alkyl halides is 3. The molecule has 11 heteroatoms. The highest BCUT2D eigenvalue weighted by Gasteiger charge is 2.30. The number of amides is 1. The number of hydrogen-bond donors (Lipinski definition) is 1. The van der Waals surface area contributed by atoms with E-state index in [9.17, 15) is 27.6 Å². The third kappa shape index (κ3) is 5.33. The molecule has 2 aromatic heterocycles. The molecular weight excluding hydrogens is 519 g/mol. The molecule has 0 fully saturated rings. The van der Waals surface area contributed by atoms with Crippen LogP contribution in [0.1, 0.15) is 59.7 Å². The number of ether oxygens (including phenoxy) is 1. The molecule has 0 unspecified atom stereocenters. The standard InChI is InChI=1S/C27H24F3N3O4S/c1-5-37-25(36)21-19-14-38-23(31-22(34)15-6-8-16(9-7-15)26(2,3)4)20(19)24(35)33(32-21)18-12-10-17(11-13-18)27(28,29)30/h6-14H,5H2,1-4H3,(H,31,34). The summed E-state index contributed by atoms with van der Waals surface area (Å²) in [5.41, 5.74) is -0.500. The van der Waals surface area contributed by atoms with Crippen LogP contribution in [0.2, 0.25) is 0 Å². The van der Waals surface area contributed by atoms with Gasteiger partial charge in [-0.25, -0.2) is 4.79 Å². The van der Waals surface area contributed by atoms with Crippen LogP contribution in [0, 0.1) is 0 Å². The predicted molar refractivity (Wildman–Crippen MR) is 139 cm³/mol. The molecule has 7 nitrogen and oxygen atoms in total. The van der Waals surface area contributed by atoms with E-state index in [-0.39, 0.29) is 39.2 Å². The number of hydrogen-bond acceptors (Lipinski definition) is 6. The molecule has 198 valence electrons. The van der Waals surface area contributed by atoms with Gasteiger partial charge in [0.2, 0.25) is 0 Å². The second-order valence-electron chi connectivity index (χ2n) is 9.47. The van der Waals surface area contributed by atoms with Crippen LogP contribution >= 0.6 is 11.3 Å². The SMILES string of the molecule is CCOC(=O)c1nn(-c2ccc(C(F)(F)F)cc2)c(=O)c2c(NC(=O)c3ccc(C(C)(C)C)cc3)scc12. The molecule has 0 saturated carbocycles. The minimum atomic E-state index is -4.56. The number of fused-ring (bicyclic) bond motifs is 1. The number of benzene rings is 2. The Hall–Kier alpha value is -3.99. The number of anilines is 1. The van der Waals surface area contributed by atoms with Crippen molar-refractivity contribution >= 4 is 39.0 Å². The third-order valence-electron chi connectivity index (χ3n) is 5.80. The van der Waals surface area contributed by atoms with Gasteiger partial charge in [-0.3, -0.25) is 9.59 Å². The molecule has 1 N–H and O–H groups in total. The van der Waals surface area contributed by atoms with E-state index in [0.29, 0.717) is 5.56 Å². The van der Waals surface area contributed by atoms with Crippen molar-refractivity contribution < 1.29 is 27.5 Å². The summed E-state index contributed by atoms with van der Waals surface area (Å²) in [4.78, 5) is 39.2. The van der Waals surface area contributed by atoms with Crippen LogP contribution in [0.5, 0.6) is 0 Å². The second-order valence-corrected chi connectivity index (χ2v) is 10.3. The Bertz CT molecular complexity index is 1570. The molecule has 4 aromatic rings.